The molecule has 0 aromatic rings. The highest BCUT2D eigenvalue weighted by Crippen LogP contribution is 2.23. The molecule has 0 bridgehead atoms. The van der Waals surface area contributed by atoms with Crippen molar-refractivity contribution in [3.63, 3.8) is 0 Å². The molecule has 1 unspecified atom stereocenters. The van der Waals surface area contributed by atoms with Crippen LogP contribution in [0.2, 0.25) is 0 Å². The normalized spacial score (nSPS) is 28.9. The van der Waals surface area contributed by atoms with Gasteiger partial charge in [0, 0.05) is 17.9 Å². The van der Waals surface area contributed by atoms with Gasteiger partial charge in [-0.3, -0.25) is 0 Å². The van der Waals surface area contributed by atoms with Gasteiger partial charge in [-0.25, -0.2) is 0 Å². The third-order valence-corrected chi connectivity index (χ3v) is 3.78. The summed E-state index contributed by atoms with van der Waals surface area (Å²) in [4.78, 5) is 0. The second kappa shape index (κ2) is 3.33. The molecule has 0 aliphatic carbocycles. The van der Waals surface area contributed by atoms with Crippen LogP contribution in [0.5, 0.6) is 0 Å². The summed E-state index contributed by atoms with van der Waals surface area (Å²) in [5.74, 6) is 0.858. The van der Waals surface area contributed by atoms with Crippen molar-refractivity contribution >= 4 is 11.4 Å². The van der Waals surface area contributed by atoms with Crippen LogP contribution >= 0.6 is 0 Å². The summed E-state index contributed by atoms with van der Waals surface area (Å²) in [6.45, 7) is 7.36. The van der Waals surface area contributed by atoms with Crippen LogP contribution in [0.15, 0.2) is 0 Å². The van der Waals surface area contributed by atoms with Crippen molar-refractivity contribution in [2.24, 2.45) is 0 Å². The predicted molar refractivity (Wildman–Crippen MR) is 48.7 cm³/mol. The Hall–Kier alpha value is 0.270. The largest absolute Gasteiger partial charge is 0.598 e. The van der Waals surface area contributed by atoms with Crippen LogP contribution in [0.3, 0.4) is 0 Å². The van der Waals surface area contributed by atoms with E-state index in [1.807, 2.05) is 0 Å². The number of hydrogen-bond donors (Lipinski definition) is 0. The number of hydrogen-bond acceptors (Lipinski definition) is 2. The first kappa shape index (κ1) is 9.36. The van der Waals surface area contributed by atoms with Crippen LogP contribution in [-0.2, 0) is 11.4 Å². The Kier molecular flexibility index (Phi) is 2.84. The van der Waals surface area contributed by atoms with Crippen LogP contribution in [0.1, 0.15) is 33.6 Å². The van der Waals surface area contributed by atoms with E-state index >= 15 is 0 Å². The molecule has 0 aromatic heterocycles. The quantitative estimate of drug-likeness (QED) is 0.522. The number of nitrogens with zero attached hydrogens (tertiary/aromatic N) is 1. The molecule has 0 N–H and O–H groups in total. The summed E-state index contributed by atoms with van der Waals surface area (Å²) < 4.78 is 13.6. The molecule has 2 nitrogen and oxygen atoms in total. The highest BCUT2D eigenvalue weighted by molar-refractivity contribution is 7.89. The zero-order chi connectivity index (χ0) is 8.48. The maximum Gasteiger partial charge on any atom is 0.125 e. The highest BCUT2D eigenvalue weighted by atomic mass is 32.2. The van der Waals surface area contributed by atoms with E-state index in [9.17, 15) is 4.55 Å². The van der Waals surface area contributed by atoms with Crippen molar-refractivity contribution in [2.75, 3.05) is 12.3 Å². The molecule has 0 saturated carbocycles. The fraction of sp³-hybridized carbons (Fsp3) is 1.00. The van der Waals surface area contributed by atoms with Gasteiger partial charge in [-0.05, 0) is 33.6 Å². The first-order valence-corrected chi connectivity index (χ1v) is 5.45. The van der Waals surface area contributed by atoms with E-state index in [0.717, 1.165) is 18.7 Å². The van der Waals surface area contributed by atoms with Crippen LogP contribution in [0.4, 0.5) is 0 Å². The zero-order valence-corrected chi connectivity index (χ0v) is 8.41. The molecular formula is C8H17NOS. The van der Waals surface area contributed by atoms with Crippen molar-refractivity contribution in [1.82, 2.24) is 4.31 Å². The molecule has 66 valence electrons. The van der Waals surface area contributed by atoms with Gasteiger partial charge in [-0.1, -0.05) is 0 Å². The van der Waals surface area contributed by atoms with Gasteiger partial charge in [0.15, 0.2) is 0 Å². The standard InChI is InChI=1S/C8H17NOS/c1-8(2,3)9-6-4-5-7-11(9)10/h4-7H2,1-3H3. The van der Waals surface area contributed by atoms with Crippen molar-refractivity contribution in [2.45, 2.75) is 39.2 Å². The van der Waals surface area contributed by atoms with E-state index in [-0.39, 0.29) is 5.54 Å². The molecule has 1 aliphatic rings. The molecule has 1 atom stereocenters. The predicted octanol–water partition coefficient (Wildman–Crippen LogP) is 1.54. The second-order valence-corrected chi connectivity index (χ2v) is 5.50. The Morgan fingerprint density at radius 1 is 1.27 bits per heavy atom. The van der Waals surface area contributed by atoms with E-state index in [4.69, 9.17) is 0 Å². The van der Waals surface area contributed by atoms with Gasteiger partial charge in [0.2, 0.25) is 0 Å². The van der Waals surface area contributed by atoms with Crippen molar-refractivity contribution in [3.05, 3.63) is 0 Å². The molecule has 0 aromatic carbocycles. The third-order valence-electron chi connectivity index (χ3n) is 1.92. The van der Waals surface area contributed by atoms with Crippen LogP contribution in [0.25, 0.3) is 0 Å². The Bertz CT molecular complexity index is 133. The smallest absolute Gasteiger partial charge is 0.125 e. The van der Waals surface area contributed by atoms with Gasteiger partial charge in [-0.15, -0.1) is 4.31 Å². The lowest BCUT2D eigenvalue weighted by atomic mass is 10.1. The van der Waals surface area contributed by atoms with Crippen LogP contribution in [0, 0.1) is 0 Å². The van der Waals surface area contributed by atoms with Crippen LogP contribution < -0.4 is 0 Å². The summed E-state index contributed by atoms with van der Waals surface area (Å²) in [7, 11) is 0. The fourth-order valence-electron chi connectivity index (χ4n) is 1.33. The van der Waals surface area contributed by atoms with E-state index in [1.54, 1.807) is 0 Å². The maximum absolute atomic E-state index is 11.5. The molecule has 0 spiro atoms. The lowest BCUT2D eigenvalue weighted by Crippen LogP contribution is -2.49. The van der Waals surface area contributed by atoms with Crippen molar-refractivity contribution in [3.8, 4) is 0 Å². The van der Waals surface area contributed by atoms with Gasteiger partial charge >= 0.3 is 0 Å². The third kappa shape index (κ3) is 2.36. The second-order valence-electron chi connectivity index (χ2n) is 4.01. The Balaban J connectivity index is 2.55. The SMILES string of the molecule is CC(C)(C)N1CCCC[S+]1[O-]. The van der Waals surface area contributed by atoms with E-state index < -0.39 is 11.4 Å². The molecule has 0 amide bonds. The van der Waals surface area contributed by atoms with Crippen molar-refractivity contribution < 1.29 is 4.55 Å². The van der Waals surface area contributed by atoms with Gasteiger partial charge in [-0.2, -0.15) is 0 Å². The first-order valence-electron chi connectivity index (χ1n) is 4.18. The molecule has 1 rings (SSSR count). The lowest BCUT2D eigenvalue weighted by molar-refractivity contribution is 0.236. The molecule has 0 radical (unpaired) electrons. The monoisotopic (exact) mass is 175 g/mol. The van der Waals surface area contributed by atoms with Gasteiger partial charge in [0.1, 0.15) is 5.75 Å². The van der Waals surface area contributed by atoms with E-state index in [0.29, 0.717) is 0 Å². The average molecular weight is 175 g/mol. The summed E-state index contributed by atoms with van der Waals surface area (Å²) in [6.07, 6.45) is 2.32. The minimum absolute atomic E-state index is 0.0747. The summed E-state index contributed by atoms with van der Waals surface area (Å²) in [6, 6.07) is 0. The van der Waals surface area contributed by atoms with E-state index in [2.05, 4.69) is 25.1 Å². The summed E-state index contributed by atoms with van der Waals surface area (Å²) in [5.41, 5.74) is 0.0747. The molecule has 11 heavy (non-hydrogen) atoms. The van der Waals surface area contributed by atoms with E-state index in [1.165, 1.54) is 6.42 Å². The van der Waals surface area contributed by atoms with Crippen molar-refractivity contribution in [1.29, 1.82) is 0 Å². The average Bonchev–Trinajstić information content (AvgIpc) is 1.86. The summed E-state index contributed by atoms with van der Waals surface area (Å²) >= 11 is -0.714. The zero-order valence-electron chi connectivity index (χ0n) is 7.59. The maximum atomic E-state index is 11.5. The highest BCUT2D eigenvalue weighted by Gasteiger charge is 2.33. The molecule has 1 saturated heterocycles. The molecule has 1 heterocycles. The van der Waals surface area contributed by atoms with Gasteiger partial charge in [0.05, 0.1) is 5.54 Å². The Labute approximate surface area is 72.3 Å². The van der Waals surface area contributed by atoms with Gasteiger partial charge in [0.25, 0.3) is 0 Å². The van der Waals surface area contributed by atoms with Gasteiger partial charge < -0.3 is 4.55 Å². The lowest BCUT2D eigenvalue weighted by Gasteiger charge is -2.37. The number of rotatable bonds is 0. The molecule has 1 fully saturated rings. The topological polar surface area (TPSA) is 26.3 Å². The molecule has 1 aliphatic heterocycles. The minimum atomic E-state index is -0.714. The Morgan fingerprint density at radius 3 is 2.27 bits per heavy atom. The fourth-order valence-corrected chi connectivity index (χ4v) is 2.95. The molecular weight excluding hydrogens is 158 g/mol. The molecule has 3 heteroatoms. The Morgan fingerprint density at radius 2 is 1.91 bits per heavy atom. The minimum Gasteiger partial charge on any atom is -0.598 e. The van der Waals surface area contributed by atoms with Crippen LogP contribution in [-0.4, -0.2) is 26.7 Å². The first-order chi connectivity index (χ1) is 5.02. The summed E-state index contributed by atoms with van der Waals surface area (Å²) in [5, 5.41) is 0.